The highest BCUT2D eigenvalue weighted by Gasteiger charge is 2.06. The fourth-order valence-electron chi connectivity index (χ4n) is 1.61. The summed E-state index contributed by atoms with van der Waals surface area (Å²) < 4.78 is 20.5. The summed E-state index contributed by atoms with van der Waals surface area (Å²) in [4.78, 5) is 7.95. The molecule has 0 aliphatic carbocycles. The lowest BCUT2D eigenvalue weighted by Crippen LogP contribution is -2.11. The summed E-state index contributed by atoms with van der Waals surface area (Å²) in [5.41, 5.74) is 0.924. The van der Waals surface area contributed by atoms with Gasteiger partial charge in [0.1, 0.15) is 0 Å². The van der Waals surface area contributed by atoms with Gasteiger partial charge in [-0.05, 0) is 6.07 Å². The van der Waals surface area contributed by atoms with Crippen LogP contribution in [0.2, 0.25) is 5.02 Å². The van der Waals surface area contributed by atoms with E-state index in [0.29, 0.717) is 19.7 Å². The number of aromatic nitrogens is 3. The zero-order chi connectivity index (χ0) is 13.7. The number of anilines is 1. The molecule has 2 aromatic rings. The fraction of sp³-hybridized carbons (Fsp3) is 0.333. The van der Waals surface area contributed by atoms with Gasteiger partial charge >= 0.3 is 0 Å². The minimum absolute atomic E-state index is 0.170. The lowest BCUT2D eigenvalue weighted by atomic mass is 10.4. The van der Waals surface area contributed by atoms with E-state index in [2.05, 4.69) is 15.3 Å². The van der Waals surface area contributed by atoms with Crippen LogP contribution in [-0.2, 0) is 17.8 Å². The minimum Gasteiger partial charge on any atom is -0.383 e. The van der Waals surface area contributed by atoms with Crippen molar-refractivity contribution in [2.45, 2.75) is 13.1 Å². The molecule has 0 aromatic carbocycles. The zero-order valence-electron chi connectivity index (χ0n) is 10.4. The van der Waals surface area contributed by atoms with Gasteiger partial charge in [0.05, 0.1) is 30.2 Å². The topological polar surface area (TPSA) is 52.0 Å². The predicted molar refractivity (Wildman–Crippen MR) is 70.6 cm³/mol. The highest BCUT2D eigenvalue weighted by atomic mass is 35.5. The number of hydrogen-bond donors (Lipinski definition) is 1. The van der Waals surface area contributed by atoms with Gasteiger partial charge in [-0.25, -0.2) is 14.4 Å². The molecular weight excluding hydrogens is 271 g/mol. The normalized spacial score (nSPS) is 10.7. The molecule has 0 bridgehead atoms. The van der Waals surface area contributed by atoms with Crippen molar-refractivity contribution in [2.75, 3.05) is 19.0 Å². The Bertz CT molecular complexity index is 546. The molecule has 5 nitrogen and oxygen atoms in total. The first-order chi connectivity index (χ1) is 9.20. The van der Waals surface area contributed by atoms with Crippen LogP contribution in [-0.4, -0.2) is 28.3 Å². The number of methoxy groups -OCH3 is 1. The Morgan fingerprint density at radius 3 is 3.05 bits per heavy atom. The molecule has 0 amide bonds. The van der Waals surface area contributed by atoms with Gasteiger partial charge in [-0.15, -0.1) is 0 Å². The third-order valence-electron chi connectivity index (χ3n) is 2.58. The summed E-state index contributed by atoms with van der Waals surface area (Å²) in [6.07, 6.45) is 4.83. The molecule has 102 valence electrons. The van der Waals surface area contributed by atoms with E-state index in [4.69, 9.17) is 16.3 Å². The first-order valence-electron chi connectivity index (χ1n) is 5.73. The van der Waals surface area contributed by atoms with Gasteiger partial charge in [0.2, 0.25) is 0 Å². The highest BCUT2D eigenvalue weighted by molar-refractivity contribution is 6.30. The number of hydrogen-bond acceptors (Lipinski definition) is 4. The van der Waals surface area contributed by atoms with Crippen LogP contribution >= 0.6 is 11.6 Å². The number of pyridine rings is 1. The molecule has 0 aliphatic rings. The second-order valence-electron chi connectivity index (χ2n) is 3.91. The number of imidazole rings is 1. The molecule has 0 saturated heterocycles. The van der Waals surface area contributed by atoms with Crippen molar-refractivity contribution >= 4 is 17.4 Å². The van der Waals surface area contributed by atoms with Crippen LogP contribution in [0, 0.1) is 5.82 Å². The van der Waals surface area contributed by atoms with Gasteiger partial charge in [-0.2, -0.15) is 0 Å². The van der Waals surface area contributed by atoms with Crippen LogP contribution in [0.4, 0.5) is 10.2 Å². The summed E-state index contributed by atoms with van der Waals surface area (Å²) in [6, 6.07) is 1.22. The maximum Gasteiger partial charge on any atom is 0.166 e. The van der Waals surface area contributed by atoms with Crippen LogP contribution in [0.3, 0.4) is 0 Å². The molecule has 0 fully saturated rings. The Morgan fingerprint density at radius 1 is 1.47 bits per heavy atom. The molecule has 2 aromatic heterocycles. The predicted octanol–water partition coefficient (Wildman–Crippen LogP) is 2.33. The largest absolute Gasteiger partial charge is 0.383 e. The molecule has 0 unspecified atom stereocenters. The second kappa shape index (κ2) is 6.49. The first kappa shape index (κ1) is 13.8. The van der Waals surface area contributed by atoms with Crippen molar-refractivity contribution in [3.05, 3.63) is 41.3 Å². The maximum absolute atomic E-state index is 13.5. The van der Waals surface area contributed by atoms with Crippen molar-refractivity contribution in [3.8, 4) is 0 Å². The summed E-state index contributed by atoms with van der Waals surface area (Å²) in [5.74, 6) is -0.306. The number of rotatable bonds is 6. The van der Waals surface area contributed by atoms with E-state index >= 15 is 0 Å². The molecular formula is C12H14ClFN4O. The van der Waals surface area contributed by atoms with Gasteiger partial charge < -0.3 is 14.6 Å². The highest BCUT2D eigenvalue weighted by Crippen LogP contribution is 2.16. The molecule has 2 rings (SSSR count). The van der Waals surface area contributed by atoms with E-state index in [1.165, 1.54) is 12.3 Å². The van der Waals surface area contributed by atoms with E-state index in [9.17, 15) is 4.39 Å². The average Bonchev–Trinajstić information content (AvgIpc) is 2.83. The Balaban J connectivity index is 2.00. The molecule has 0 saturated carbocycles. The molecule has 0 aliphatic heterocycles. The van der Waals surface area contributed by atoms with Crippen LogP contribution in [0.1, 0.15) is 5.69 Å². The molecule has 0 spiro atoms. The first-order valence-corrected chi connectivity index (χ1v) is 6.11. The summed E-state index contributed by atoms with van der Waals surface area (Å²) >= 11 is 5.64. The average molecular weight is 285 g/mol. The molecule has 7 heteroatoms. The lowest BCUT2D eigenvalue weighted by Gasteiger charge is -2.09. The summed E-state index contributed by atoms with van der Waals surface area (Å²) in [5, 5.41) is 3.18. The van der Waals surface area contributed by atoms with Crippen molar-refractivity contribution in [3.63, 3.8) is 0 Å². The molecule has 0 atom stereocenters. The van der Waals surface area contributed by atoms with Gasteiger partial charge in [0, 0.05) is 26.0 Å². The molecule has 1 N–H and O–H groups in total. The number of ether oxygens (including phenoxy) is 1. The van der Waals surface area contributed by atoms with Crippen molar-refractivity contribution in [1.29, 1.82) is 0 Å². The Labute approximate surface area is 115 Å². The minimum atomic E-state index is -0.476. The zero-order valence-corrected chi connectivity index (χ0v) is 11.2. The van der Waals surface area contributed by atoms with Crippen molar-refractivity contribution in [1.82, 2.24) is 14.5 Å². The lowest BCUT2D eigenvalue weighted by molar-refractivity contribution is 0.186. The number of nitrogens with zero attached hydrogens (tertiary/aromatic N) is 3. The van der Waals surface area contributed by atoms with Crippen LogP contribution < -0.4 is 5.32 Å². The smallest absolute Gasteiger partial charge is 0.166 e. The standard InChI is InChI=1S/C12H14ClFN4O/c1-19-3-2-18-8-15-6-10(18)7-17-12-11(14)4-9(13)5-16-12/h4-6,8H,2-3,7H2,1H3,(H,16,17). The van der Waals surface area contributed by atoms with Crippen LogP contribution in [0.25, 0.3) is 0 Å². The van der Waals surface area contributed by atoms with Gasteiger partial charge in [0.25, 0.3) is 0 Å². The monoisotopic (exact) mass is 284 g/mol. The van der Waals surface area contributed by atoms with Gasteiger partial charge in [-0.1, -0.05) is 11.6 Å². The molecule has 19 heavy (non-hydrogen) atoms. The third kappa shape index (κ3) is 3.65. The third-order valence-corrected chi connectivity index (χ3v) is 2.79. The van der Waals surface area contributed by atoms with Gasteiger partial charge in [-0.3, -0.25) is 0 Å². The van der Waals surface area contributed by atoms with Crippen molar-refractivity contribution in [2.24, 2.45) is 0 Å². The van der Waals surface area contributed by atoms with E-state index in [1.807, 2.05) is 4.57 Å². The Kier molecular flexibility index (Phi) is 4.70. The van der Waals surface area contributed by atoms with E-state index in [1.54, 1.807) is 19.6 Å². The molecule has 2 heterocycles. The Morgan fingerprint density at radius 2 is 2.32 bits per heavy atom. The van der Waals surface area contributed by atoms with Crippen LogP contribution in [0.15, 0.2) is 24.8 Å². The van der Waals surface area contributed by atoms with Crippen LogP contribution in [0.5, 0.6) is 0 Å². The molecule has 0 radical (unpaired) electrons. The number of halogens is 2. The van der Waals surface area contributed by atoms with E-state index < -0.39 is 5.82 Å². The Hall–Kier alpha value is -1.66. The quantitative estimate of drug-likeness (QED) is 0.884. The summed E-state index contributed by atoms with van der Waals surface area (Å²) in [7, 11) is 1.64. The van der Waals surface area contributed by atoms with E-state index in [0.717, 1.165) is 5.69 Å². The fourth-order valence-corrected chi connectivity index (χ4v) is 1.75. The second-order valence-corrected chi connectivity index (χ2v) is 4.35. The maximum atomic E-state index is 13.5. The van der Waals surface area contributed by atoms with E-state index in [-0.39, 0.29) is 10.8 Å². The number of nitrogens with one attached hydrogen (secondary N) is 1. The van der Waals surface area contributed by atoms with Crippen molar-refractivity contribution < 1.29 is 9.13 Å². The SMILES string of the molecule is COCCn1cncc1CNc1ncc(Cl)cc1F. The van der Waals surface area contributed by atoms with Gasteiger partial charge in [0.15, 0.2) is 11.6 Å². The summed E-state index contributed by atoms with van der Waals surface area (Å²) in [6.45, 7) is 1.72.